The average molecular weight is 276 g/mol. The fraction of sp³-hybridized carbons (Fsp3) is 0.308. The van der Waals surface area contributed by atoms with Gasteiger partial charge in [0.25, 0.3) is 5.91 Å². The van der Waals surface area contributed by atoms with Crippen LogP contribution in [0.1, 0.15) is 32.9 Å². The number of carbonyl (C=O) groups is 1. The molecule has 6 heteroatoms. The Hall–Kier alpha value is -1.95. The summed E-state index contributed by atoms with van der Waals surface area (Å²) < 4.78 is 1.90. The molecule has 0 fully saturated rings. The van der Waals surface area contributed by atoms with E-state index in [0.717, 1.165) is 22.8 Å². The van der Waals surface area contributed by atoms with Gasteiger partial charge in [0.15, 0.2) is 0 Å². The van der Waals surface area contributed by atoms with Gasteiger partial charge >= 0.3 is 0 Å². The van der Waals surface area contributed by atoms with Gasteiger partial charge in [-0.3, -0.25) is 9.48 Å². The highest BCUT2D eigenvalue weighted by atomic mass is 32.1. The molecule has 5 nitrogen and oxygen atoms in total. The summed E-state index contributed by atoms with van der Waals surface area (Å²) in [6.45, 7) is 4.88. The molecular formula is C13H16N4OS. The quantitative estimate of drug-likeness (QED) is 0.931. The number of nitrogens with one attached hydrogen (secondary N) is 1. The van der Waals surface area contributed by atoms with Crippen molar-refractivity contribution in [3.63, 3.8) is 0 Å². The Morgan fingerprint density at radius 1 is 1.53 bits per heavy atom. The molecule has 2 aromatic rings. The smallest absolute Gasteiger partial charge is 0.262 e. The van der Waals surface area contributed by atoms with Crippen LogP contribution in [-0.4, -0.2) is 27.7 Å². The first-order chi connectivity index (χ1) is 9.13. The van der Waals surface area contributed by atoms with E-state index in [0.29, 0.717) is 4.88 Å². The zero-order chi connectivity index (χ0) is 13.8. The van der Waals surface area contributed by atoms with Gasteiger partial charge in [-0.2, -0.15) is 5.10 Å². The van der Waals surface area contributed by atoms with Gasteiger partial charge in [-0.25, -0.2) is 4.98 Å². The van der Waals surface area contributed by atoms with Crippen molar-refractivity contribution in [1.82, 2.24) is 20.1 Å². The van der Waals surface area contributed by atoms with Crippen LogP contribution in [0.3, 0.4) is 0 Å². The normalized spacial score (nSPS) is 11.1. The van der Waals surface area contributed by atoms with Crippen LogP contribution < -0.4 is 5.32 Å². The van der Waals surface area contributed by atoms with Crippen LogP contribution in [0, 0.1) is 6.92 Å². The lowest BCUT2D eigenvalue weighted by Crippen LogP contribution is -2.16. The summed E-state index contributed by atoms with van der Waals surface area (Å²) in [6, 6.07) is 0. The third-order valence-electron chi connectivity index (χ3n) is 2.69. The Bertz CT molecular complexity index is 612. The summed E-state index contributed by atoms with van der Waals surface area (Å²) in [5.74, 6) is -0.105. The number of aryl methyl sites for hydroxylation is 2. The summed E-state index contributed by atoms with van der Waals surface area (Å²) in [6.07, 6.45) is 7.46. The van der Waals surface area contributed by atoms with E-state index in [9.17, 15) is 4.79 Å². The number of carbonyl (C=O) groups excluding carboxylic acids is 1. The average Bonchev–Trinajstić information content (AvgIpc) is 3.02. The largest absolute Gasteiger partial charge is 0.354 e. The molecule has 0 spiro atoms. The highest BCUT2D eigenvalue weighted by molar-refractivity contribution is 7.14. The number of amides is 1. The Kier molecular flexibility index (Phi) is 4.11. The predicted octanol–water partition coefficient (Wildman–Crippen LogP) is 2.20. The predicted molar refractivity (Wildman–Crippen MR) is 77.1 cm³/mol. The fourth-order valence-corrected chi connectivity index (χ4v) is 2.38. The number of hydrogen-bond donors (Lipinski definition) is 1. The molecular weight excluding hydrogens is 260 g/mol. The molecule has 0 radical (unpaired) electrons. The molecule has 0 aliphatic rings. The Morgan fingerprint density at radius 2 is 2.32 bits per heavy atom. The first-order valence-electron chi connectivity index (χ1n) is 6.04. The minimum absolute atomic E-state index is 0.105. The van der Waals surface area contributed by atoms with Gasteiger partial charge < -0.3 is 5.32 Å². The lowest BCUT2D eigenvalue weighted by atomic mass is 10.2. The molecule has 0 saturated heterocycles. The van der Waals surface area contributed by atoms with Crippen LogP contribution >= 0.6 is 11.3 Å². The zero-order valence-electron chi connectivity index (χ0n) is 11.2. The van der Waals surface area contributed by atoms with Gasteiger partial charge in [0, 0.05) is 25.4 Å². The second-order valence-electron chi connectivity index (χ2n) is 4.00. The van der Waals surface area contributed by atoms with Crippen molar-refractivity contribution in [3.8, 4) is 0 Å². The van der Waals surface area contributed by atoms with Crippen LogP contribution in [0.15, 0.2) is 12.4 Å². The Morgan fingerprint density at radius 3 is 2.95 bits per heavy atom. The molecule has 0 aromatic carbocycles. The van der Waals surface area contributed by atoms with Gasteiger partial charge in [-0.05, 0) is 26.0 Å². The van der Waals surface area contributed by atoms with Crippen molar-refractivity contribution in [2.75, 3.05) is 7.05 Å². The van der Waals surface area contributed by atoms with Crippen LogP contribution in [-0.2, 0) is 6.54 Å². The van der Waals surface area contributed by atoms with Crippen molar-refractivity contribution in [1.29, 1.82) is 0 Å². The maximum Gasteiger partial charge on any atom is 0.262 e. The standard InChI is InChI=1S/C13H16N4OS/c1-4-17-8-10(9(2)16-17)5-6-12-15-7-11(19-12)13(18)14-3/h5-8H,4H2,1-3H3,(H,14,18)/b6-5+. The summed E-state index contributed by atoms with van der Waals surface area (Å²) >= 11 is 1.37. The van der Waals surface area contributed by atoms with Gasteiger partial charge in [0.2, 0.25) is 0 Å². The van der Waals surface area contributed by atoms with Crippen LogP contribution in [0.4, 0.5) is 0 Å². The molecule has 1 amide bonds. The van der Waals surface area contributed by atoms with E-state index >= 15 is 0 Å². The summed E-state index contributed by atoms with van der Waals surface area (Å²) in [4.78, 5) is 16.2. The molecule has 0 unspecified atom stereocenters. The molecule has 2 heterocycles. The lowest BCUT2D eigenvalue weighted by Gasteiger charge is -1.90. The second-order valence-corrected chi connectivity index (χ2v) is 5.06. The van der Waals surface area contributed by atoms with E-state index in [1.165, 1.54) is 11.3 Å². The number of aromatic nitrogens is 3. The van der Waals surface area contributed by atoms with Gasteiger partial charge in [-0.15, -0.1) is 11.3 Å². The minimum atomic E-state index is -0.105. The van der Waals surface area contributed by atoms with Crippen molar-refractivity contribution in [2.45, 2.75) is 20.4 Å². The maximum atomic E-state index is 11.4. The summed E-state index contributed by atoms with van der Waals surface area (Å²) in [5, 5.41) is 7.76. The molecule has 0 saturated carbocycles. The lowest BCUT2D eigenvalue weighted by molar-refractivity contribution is 0.0967. The topological polar surface area (TPSA) is 59.8 Å². The fourth-order valence-electron chi connectivity index (χ4n) is 1.61. The van der Waals surface area contributed by atoms with Gasteiger partial charge in [0.1, 0.15) is 9.88 Å². The monoisotopic (exact) mass is 276 g/mol. The van der Waals surface area contributed by atoms with E-state index in [4.69, 9.17) is 0 Å². The molecule has 19 heavy (non-hydrogen) atoms. The SMILES string of the molecule is CCn1cc(/C=C/c2ncc(C(=O)NC)s2)c(C)n1. The Labute approximate surface area is 116 Å². The van der Waals surface area contributed by atoms with E-state index in [1.807, 2.05) is 30.0 Å². The van der Waals surface area contributed by atoms with Gasteiger partial charge in [-0.1, -0.05) is 0 Å². The van der Waals surface area contributed by atoms with Crippen molar-refractivity contribution in [2.24, 2.45) is 0 Å². The van der Waals surface area contributed by atoms with Gasteiger partial charge in [0.05, 0.1) is 11.9 Å². The molecule has 2 rings (SSSR count). The molecule has 0 aliphatic carbocycles. The molecule has 0 bridgehead atoms. The van der Waals surface area contributed by atoms with E-state index in [1.54, 1.807) is 13.2 Å². The molecule has 0 aliphatic heterocycles. The van der Waals surface area contributed by atoms with Crippen LogP contribution in [0.5, 0.6) is 0 Å². The Balaban J connectivity index is 2.15. The third kappa shape index (κ3) is 3.08. The summed E-state index contributed by atoms with van der Waals surface area (Å²) in [5.41, 5.74) is 2.06. The minimum Gasteiger partial charge on any atom is -0.354 e. The number of thiazole rings is 1. The third-order valence-corrected chi connectivity index (χ3v) is 3.65. The highest BCUT2D eigenvalue weighted by Crippen LogP contribution is 2.17. The van der Waals surface area contributed by atoms with E-state index in [-0.39, 0.29) is 5.91 Å². The van der Waals surface area contributed by atoms with E-state index < -0.39 is 0 Å². The van der Waals surface area contributed by atoms with Crippen molar-refractivity contribution < 1.29 is 4.79 Å². The second kappa shape index (κ2) is 5.79. The number of rotatable bonds is 4. The van der Waals surface area contributed by atoms with Crippen LogP contribution in [0.25, 0.3) is 12.2 Å². The van der Waals surface area contributed by atoms with E-state index in [2.05, 4.69) is 22.3 Å². The number of hydrogen-bond acceptors (Lipinski definition) is 4. The summed E-state index contributed by atoms with van der Waals surface area (Å²) in [7, 11) is 1.61. The number of nitrogens with zero attached hydrogens (tertiary/aromatic N) is 3. The molecule has 100 valence electrons. The highest BCUT2D eigenvalue weighted by Gasteiger charge is 2.07. The van der Waals surface area contributed by atoms with Crippen molar-refractivity contribution >= 4 is 29.4 Å². The first kappa shape index (κ1) is 13.5. The zero-order valence-corrected chi connectivity index (χ0v) is 12.0. The maximum absolute atomic E-state index is 11.4. The van der Waals surface area contributed by atoms with Crippen LogP contribution in [0.2, 0.25) is 0 Å². The molecule has 1 N–H and O–H groups in total. The first-order valence-corrected chi connectivity index (χ1v) is 6.85. The van der Waals surface area contributed by atoms with Crippen molar-refractivity contribution in [3.05, 3.63) is 33.5 Å². The molecule has 2 aromatic heterocycles. The molecule has 0 atom stereocenters.